The topological polar surface area (TPSA) is 114 Å². The zero-order chi connectivity index (χ0) is 19.8. The first-order chi connectivity index (χ1) is 12.6. The molecule has 0 radical (unpaired) electrons. The zero-order valence-corrected chi connectivity index (χ0v) is 16.3. The van der Waals surface area contributed by atoms with Gasteiger partial charge in [0.2, 0.25) is 15.9 Å². The molecule has 0 spiro atoms. The first kappa shape index (κ1) is 19.8. The van der Waals surface area contributed by atoms with Crippen LogP contribution in [-0.2, 0) is 26.2 Å². The molecule has 142 valence electrons. The van der Waals surface area contributed by atoms with Crippen molar-refractivity contribution in [3.63, 3.8) is 0 Å². The molecule has 1 fully saturated rings. The van der Waals surface area contributed by atoms with Crippen LogP contribution in [0.4, 0.5) is 5.69 Å². The molecule has 27 heavy (non-hydrogen) atoms. The summed E-state index contributed by atoms with van der Waals surface area (Å²) in [5.74, 6) is -0.677. The van der Waals surface area contributed by atoms with Crippen LogP contribution in [0.2, 0.25) is 10.0 Å². The summed E-state index contributed by atoms with van der Waals surface area (Å²) >= 11 is 11.9. The highest BCUT2D eigenvalue weighted by atomic mass is 35.5. The lowest BCUT2D eigenvalue weighted by Crippen LogP contribution is -2.90. The Morgan fingerprint density at radius 2 is 1.67 bits per heavy atom. The molecule has 2 aromatic carbocycles. The van der Waals surface area contributed by atoms with Crippen molar-refractivity contribution in [3.05, 3.63) is 58.1 Å². The number of carbonyl (C=O) groups is 2. The van der Waals surface area contributed by atoms with Crippen LogP contribution in [0.5, 0.6) is 0 Å². The van der Waals surface area contributed by atoms with Gasteiger partial charge in [-0.25, -0.2) is 18.5 Å². The van der Waals surface area contributed by atoms with Gasteiger partial charge in [0.1, 0.15) is 6.54 Å². The average Bonchev–Trinajstić information content (AvgIpc) is 2.85. The van der Waals surface area contributed by atoms with Crippen LogP contribution in [0.1, 0.15) is 12.0 Å². The molecule has 1 unspecified atom stereocenters. The highest BCUT2D eigenvalue weighted by molar-refractivity contribution is 7.89. The van der Waals surface area contributed by atoms with Gasteiger partial charge in [-0.3, -0.25) is 9.59 Å². The van der Waals surface area contributed by atoms with Gasteiger partial charge in [-0.2, -0.15) is 0 Å². The minimum absolute atomic E-state index is 0.0161. The zero-order valence-electron chi connectivity index (χ0n) is 13.9. The van der Waals surface area contributed by atoms with Gasteiger partial charge in [-0.05, 0) is 30.3 Å². The number of primary sulfonamides is 1. The molecule has 1 atom stereocenters. The molecule has 10 heteroatoms. The molecule has 0 aliphatic carbocycles. The third-order valence-electron chi connectivity index (χ3n) is 4.18. The Morgan fingerprint density at radius 1 is 1.07 bits per heavy atom. The number of nitrogens with two attached hydrogens (primary N) is 2. The molecule has 0 saturated carbocycles. The van der Waals surface area contributed by atoms with Crippen molar-refractivity contribution in [1.29, 1.82) is 0 Å². The Balaban J connectivity index is 1.70. The van der Waals surface area contributed by atoms with Crippen molar-refractivity contribution in [2.45, 2.75) is 23.9 Å². The van der Waals surface area contributed by atoms with E-state index in [0.29, 0.717) is 22.3 Å². The number of hydrogen-bond donors (Lipinski definition) is 2. The van der Waals surface area contributed by atoms with E-state index in [1.807, 2.05) is 0 Å². The summed E-state index contributed by atoms with van der Waals surface area (Å²) in [5, 5.41) is 7.47. The van der Waals surface area contributed by atoms with Gasteiger partial charge in [-0.15, -0.1) is 0 Å². The first-order valence-electron chi connectivity index (χ1n) is 7.93. The fourth-order valence-electron chi connectivity index (χ4n) is 2.87. The molecule has 2 amide bonds. The number of benzene rings is 2. The van der Waals surface area contributed by atoms with Crippen molar-refractivity contribution in [1.82, 2.24) is 0 Å². The second kappa shape index (κ2) is 7.57. The Kier molecular flexibility index (Phi) is 5.55. The summed E-state index contributed by atoms with van der Waals surface area (Å²) in [6.45, 7) is 0.402. The number of amides is 2. The van der Waals surface area contributed by atoms with Crippen molar-refractivity contribution in [2.24, 2.45) is 5.14 Å². The third-order valence-corrected chi connectivity index (χ3v) is 5.54. The summed E-state index contributed by atoms with van der Waals surface area (Å²) in [7, 11) is -3.75. The maximum atomic E-state index is 12.6. The molecule has 7 nitrogen and oxygen atoms in total. The molecule has 1 aliphatic rings. The van der Waals surface area contributed by atoms with Gasteiger partial charge in [0.15, 0.2) is 6.04 Å². The Hall–Kier alpha value is -1.97. The SMILES string of the molecule is NS(=O)(=O)c1ccc(C[NH2+]C2CC(=O)N(c3cc(Cl)cc(Cl)c3)C2=O)cc1. The van der Waals surface area contributed by atoms with E-state index in [-0.39, 0.29) is 23.1 Å². The molecular weight excluding hydrogens is 413 g/mol. The van der Waals surface area contributed by atoms with Gasteiger partial charge in [0.25, 0.3) is 5.91 Å². The number of nitrogens with zero attached hydrogens (tertiary/aromatic N) is 1. The van der Waals surface area contributed by atoms with Crippen molar-refractivity contribution in [2.75, 3.05) is 4.90 Å². The lowest BCUT2D eigenvalue weighted by Gasteiger charge is -2.15. The summed E-state index contributed by atoms with van der Waals surface area (Å²) in [4.78, 5) is 26.0. The Labute approximate surface area is 166 Å². The minimum Gasteiger partial charge on any atom is -0.332 e. The lowest BCUT2D eigenvalue weighted by atomic mass is 10.2. The number of imide groups is 1. The maximum Gasteiger partial charge on any atom is 0.292 e. The number of quaternary nitrogens is 1. The molecule has 0 aromatic heterocycles. The molecule has 1 aliphatic heterocycles. The number of hydrogen-bond acceptors (Lipinski definition) is 4. The van der Waals surface area contributed by atoms with E-state index < -0.39 is 16.1 Å². The molecule has 3 rings (SSSR count). The number of anilines is 1. The van der Waals surface area contributed by atoms with Gasteiger partial charge in [0, 0.05) is 15.6 Å². The van der Waals surface area contributed by atoms with Crippen LogP contribution in [-0.4, -0.2) is 26.3 Å². The Morgan fingerprint density at radius 3 is 2.22 bits per heavy atom. The fourth-order valence-corrected chi connectivity index (χ4v) is 3.90. The predicted molar refractivity (Wildman–Crippen MR) is 101 cm³/mol. The molecule has 2 aromatic rings. The highest BCUT2D eigenvalue weighted by Gasteiger charge is 2.42. The van der Waals surface area contributed by atoms with Crippen molar-refractivity contribution < 1.29 is 23.3 Å². The van der Waals surface area contributed by atoms with Crippen LogP contribution in [0.25, 0.3) is 0 Å². The molecule has 1 saturated heterocycles. The van der Waals surface area contributed by atoms with E-state index in [1.165, 1.54) is 30.3 Å². The van der Waals surface area contributed by atoms with Crippen molar-refractivity contribution >= 4 is 50.7 Å². The summed E-state index contributed by atoms with van der Waals surface area (Å²) < 4.78 is 22.5. The second-order valence-corrected chi connectivity index (χ2v) is 8.57. The normalized spacial score (nSPS) is 17.6. The van der Waals surface area contributed by atoms with Crippen LogP contribution < -0.4 is 15.4 Å². The first-order valence-corrected chi connectivity index (χ1v) is 10.2. The summed E-state index contributed by atoms with van der Waals surface area (Å²) in [6, 6.07) is 10.0. The molecular formula is C17H16Cl2N3O4S+. The lowest BCUT2D eigenvalue weighted by molar-refractivity contribution is -0.690. The fraction of sp³-hybridized carbons (Fsp3) is 0.176. The van der Waals surface area contributed by atoms with E-state index in [0.717, 1.165) is 10.5 Å². The Bertz CT molecular complexity index is 989. The van der Waals surface area contributed by atoms with E-state index in [4.69, 9.17) is 28.3 Å². The summed E-state index contributed by atoms with van der Waals surface area (Å²) in [6.07, 6.45) is 0.0538. The van der Waals surface area contributed by atoms with Gasteiger partial charge in [0.05, 0.1) is 17.0 Å². The quantitative estimate of drug-likeness (QED) is 0.692. The van der Waals surface area contributed by atoms with E-state index in [1.54, 1.807) is 17.4 Å². The number of sulfonamides is 1. The third kappa shape index (κ3) is 4.48. The van der Waals surface area contributed by atoms with Crippen LogP contribution >= 0.6 is 23.2 Å². The van der Waals surface area contributed by atoms with Gasteiger partial charge < -0.3 is 5.32 Å². The smallest absolute Gasteiger partial charge is 0.292 e. The molecule has 4 N–H and O–H groups in total. The molecule has 0 bridgehead atoms. The average molecular weight is 429 g/mol. The summed E-state index contributed by atoms with van der Waals surface area (Å²) in [5.41, 5.74) is 1.14. The highest BCUT2D eigenvalue weighted by Crippen LogP contribution is 2.28. The number of carbonyl (C=O) groups excluding carboxylic acids is 2. The second-order valence-electron chi connectivity index (χ2n) is 6.13. The van der Waals surface area contributed by atoms with Gasteiger partial charge in [-0.1, -0.05) is 35.3 Å². The monoisotopic (exact) mass is 428 g/mol. The van der Waals surface area contributed by atoms with Crippen LogP contribution in [0.15, 0.2) is 47.4 Å². The van der Waals surface area contributed by atoms with Crippen LogP contribution in [0.3, 0.4) is 0 Å². The minimum atomic E-state index is -3.75. The van der Waals surface area contributed by atoms with E-state index >= 15 is 0 Å². The maximum absolute atomic E-state index is 12.6. The largest absolute Gasteiger partial charge is 0.332 e. The van der Waals surface area contributed by atoms with Crippen molar-refractivity contribution in [3.8, 4) is 0 Å². The van der Waals surface area contributed by atoms with E-state index in [2.05, 4.69) is 0 Å². The number of rotatable bonds is 5. The van der Waals surface area contributed by atoms with Crippen LogP contribution in [0, 0.1) is 0 Å². The van der Waals surface area contributed by atoms with E-state index in [9.17, 15) is 18.0 Å². The predicted octanol–water partition coefficient (Wildman–Crippen LogP) is 1.04. The standard InChI is InChI=1S/C17H15Cl2N3O4S/c18-11-5-12(19)7-13(6-11)22-16(23)8-15(17(22)24)21-9-10-1-3-14(4-2-10)27(20,25)26/h1-7,15,21H,8-9H2,(H2,20,25,26)/p+1. The molecule has 1 heterocycles. The van der Waals surface area contributed by atoms with Gasteiger partial charge >= 0.3 is 0 Å². The number of halogens is 2.